The number of hydrogen-bond donors (Lipinski definition) is 0. The molecule has 1 amide bonds. The van der Waals surface area contributed by atoms with Crippen LogP contribution in [0.3, 0.4) is 0 Å². The van der Waals surface area contributed by atoms with Crippen LogP contribution in [0.4, 0.5) is 5.69 Å². The number of anilines is 1. The summed E-state index contributed by atoms with van der Waals surface area (Å²) >= 11 is 6.09. The van der Waals surface area contributed by atoms with Gasteiger partial charge in [-0.15, -0.1) is 0 Å². The van der Waals surface area contributed by atoms with Gasteiger partial charge in [0.25, 0.3) is 5.91 Å². The fraction of sp³-hybridized carbons (Fsp3) is 0.120. The molecule has 4 aromatic rings. The van der Waals surface area contributed by atoms with Gasteiger partial charge in [-0.2, -0.15) is 0 Å². The number of carbonyl (C=O) groups excluding carboxylic acids is 1. The minimum absolute atomic E-state index is 0.0952. The Morgan fingerprint density at radius 1 is 0.900 bits per heavy atom. The molecule has 1 atom stereocenters. The molecule has 0 N–H and O–H groups in total. The Morgan fingerprint density at radius 2 is 1.63 bits per heavy atom. The van der Waals surface area contributed by atoms with Crippen LogP contribution in [-0.4, -0.2) is 5.91 Å². The smallest absolute Gasteiger partial charge is 0.295 e. The lowest BCUT2D eigenvalue weighted by Gasteiger charge is -2.25. The van der Waals surface area contributed by atoms with Gasteiger partial charge >= 0.3 is 0 Å². The van der Waals surface area contributed by atoms with Crippen molar-refractivity contribution in [2.45, 2.75) is 19.9 Å². The Balaban J connectivity index is 1.83. The van der Waals surface area contributed by atoms with Crippen molar-refractivity contribution in [3.05, 3.63) is 110 Å². The van der Waals surface area contributed by atoms with E-state index in [2.05, 4.69) is 0 Å². The number of benzene rings is 3. The number of nitrogens with zero attached hydrogens (tertiary/aromatic N) is 1. The third kappa shape index (κ3) is 2.84. The summed E-state index contributed by atoms with van der Waals surface area (Å²) < 4.78 is 5.99. The quantitative estimate of drug-likeness (QED) is 0.415. The summed E-state index contributed by atoms with van der Waals surface area (Å²) in [5.74, 6) is -0.229. The highest BCUT2D eigenvalue weighted by Crippen LogP contribution is 2.41. The molecule has 4 nitrogen and oxygen atoms in total. The van der Waals surface area contributed by atoms with Crippen molar-refractivity contribution in [3.8, 4) is 0 Å². The van der Waals surface area contributed by atoms with E-state index < -0.39 is 6.04 Å². The molecule has 0 radical (unpaired) electrons. The predicted molar refractivity (Wildman–Crippen MR) is 119 cm³/mol. The largest absolute Gasteiger partial charge is 0.450 e. The van der Waals surface area contributed by atoms with Crippen molar-refractivity contribution < 1.29 is 9.21 Å². The van der Waals surface area contributed by atoms with Crippen LogP contribution in [0.5, 0.6) is 0 Å². The van der Waals surface area contributed by atoms with E-state index in [9.17, 15) is 9.59 Å². The second kappa shape index (κ2) is 6.85. The number of hydrogen-bond acceptors (Lipinski definition) is 3. The number of aryl methyl sites for hydroxylation is 2. The van der Waals surface area contributed by atoms with Crippen LogP contribution in [0.1, 0.15) is 38.9 Å². The first-order valence-electron chi connectivity index (χ1n) is 9.67. The van der Waals surface area contributed by atoms with E-state index in [-0.39, 0.29) is 17.1 Å². The molecule has 0 fully saturated rings. The Labute approximate surface area is 178 Å². The normalized spacial score (nSPS) is 15.6. The lowest BCUT2D eigenvalue weighted by Crippen LogP contribution is -2.29. The van der Waals surface area contributed by atoms with Gasteiger partial charge in [0.2, 0.25) is 5.76 Å². The summed E-state index contributed by atoms with van der Waals surface area (Å²) in [6.45, 7) is 3.89. The van der Waals surface area contributed by atoms with Crippen molar-refractivity contribution in [2.75, 3.05) is 4.90 Å². The lowest BCUT2D eigenvalue weighted by atomic mass is 9.98. The highest BCUT2D eigenvalue weighted by Gasteiger charge is 2.43. The van der Waals surface area contributed by atoms with Gasteiger partial charge in [0.1, 0.15) is 5.58 Å². The fourth-order valence-corrected chi connectivity index (χ4v) is 4.22. The Morgan fingerprint density at radius 3 is 2.37 bits per heavy atom. The Kier molecular flexibility index (Phi) is 4.26. The van der Waals surface area contributed by atoms with Crippen LogP contribution in [0, 0.1) is 13.8 Å². The van der Waals surface area contributed by atoms with Crippen molar-refractivity contribution in [3.63, 3.8) is 0 Å². The van der Waals surface area contributed by atoms with Crippen LogP contribution >= 0.6 is 11.6 Å². The molecule has 5 heteroatoms. The zero-order valence-electron chi connectivity index (χ0n) is 16.5. The average Bonchev–Trinajstić information content (AvgIpc) is 3.02. The Bertz CT molecular complexity index is 1370. The molecule has 30 heavy (non-hydrogen) atoms. The molecule has 0 bridgehead atoms. The number of halogens is 1. The summed E-state index contributed by atoms with van der Waals surface area (Å²) in [7, 11) is 0. The first kappa shape index (κ1) is 18.6. The first-order chi connectivity index (χ1) is 14.4. The summed E-state index contributed by atoms with van der Waals surface area (Å²) in [6.07, 6.45) is 0. The highest BCUT2D eigenvalue weighted by atomic mass is 35.5. The van der Waals surface area contributed by atoms with E-state index in [0.717, 1.165) is 16.7 Å². The van der Waals surface area contributed by atoms with Gasteiger partial charge in [0, 0.05) is 10.7 Å². The number of fused-ring (bicyclic) bond motifs is 2. The topological polar surface area (TPSA) is 50.5 Å². The van der Waals surface area contributed by atoms with Crippen LogP contribution in [-0.2, 0) is 0 Å². The van der Waals surface area contributed by atoms with E-state index in [0.29, 0.717) is 27.2 Å². The van der Waals surface area contributed by atoms with Gasteiger partial charge in [0.15, 0.2) is 5.43 Å². The minimum Gasteiger partial charge on any atom is -0.450 e. The van der Waals surface area contributed by atoms with Crippen LogP contribution in [0.2, 0.25) is 5.02 Å². The lowest BCUT2D eigenvalue weighted by molar-refractivity contribution is 0.0971. The summed E-state index contributed by atoms with van der Waals surface area (Å²) in [5.41, 5.74) is 4.08. The molecule has 148 valence electrons. The zero-order valence-corrected chi connectivity index (χ0v) is 17.2. The van der Waals surface area contributed by atoms with Gasteiger partial charge in [-0.25, -0.2) is 0 Å². The third-order valence-electron chi connectivity index (χ3n) is 5.49. The van der Waals surface area contributed by atoms with Gasteiger partial charge in [-0.1, -0.05) is 47.5 Å². The number of amides is 1. The van der Waals surface area contributed by atoms with E-state index in [1.165, 1.54) is 0 Å². The highest BCUT2D eigenvalue weighted by molar-refractivity contribution is 6.30. The van der Waals surface area contributed by atoms with Crippen molar-refractivity contribution in [1.29, 1.82) is 0 Å². The second-order valence-corrected chi connectivity index (χ2v) is 8.08. The molecule has 1 aromatic heterocycles. The standard InChI is InChI=1S/C25H18ClNO3/c1-14-4-3-5-18(12-14)27-22(16-7-9-17(26)10-8-16)21-23(28)19-13-15(2)6-11-20(19)30-24(21)25(27)29/h3-13,22H,1-2H3. The molecule has 1 aliphatic heterocycles. The first-order valence-corrected chi connectivity index (χ1v) is 10.0. The molecule has 0 saturated heterocycles. The summed E-state index contributed by atoms with van der Waals surface area (Å²) in [4.78, 5) is 28.7. The number of carbonyl (C=O) groups is 1. The summed E-state index contributed by atoms with van der Waals surface area (Å²) in [5, 5.41) is 1.07. The molecule has 0 saturated carbocycles. The van der Waals surface area contributed by atoms with Gasteiger partial charge in [0.05, 0.1) is 17.0 Å². The van der Waals surface area contributed by atoms with E-state index in [1.54, 1.807) is 29.2 Å². The molecule has 0 aliphatic carbocycles. The maximum Gasteiger partial charge on any atom is 0.295 e. The molecule has 2 heterocycles. The van der Waals surface area contributed by atoms with Crippen LogP contribution < -0.4 is 10.3 Å². The maximum atomic E-state index is 13.5. The van der Waals surface area contributed by atoms with Crippen molar-refractivity contribution in [1.82, 2.24) is 0 Å². The minimum atomic E-state index is -0.590. The monoisotopic (exact) mass is 415 g/mol. The van der Waals surface area contributed by atoms with Crippen molar-refractivity contribution in [2.24, 2.45) is 0 Å². The van der Waals surface area contributed by atoms with Gasteiger partial charge < -0.3 is 4.42 Å². The SMILES string of the molecule is Cc1cccc(N2C(=O)c3oc4ccc(C)cc4c(=O)c3C2c2ccc(Cl)cc2)c1. The average molecular weight is 416 g/mol. The molecule has 0 spiro atoms. The van der Waals surface area contributed by atoms with E-state index in [1.807, 2.05) is 56.3 Å². The van der Waals surface area contributed by atoms with Crippen molar-refractivity contribution >= 4 is 34.2 Å². The van der Waals surface area contributed by atoms with E-state index in [4.69, 9.17) is 16.0 Å². The third-order valence-corrected chi connectivity index (χ3v) is 5.74. The predicted octanol–water partition coefficient (Wildman–Crippen LogP) is 5.81. The number of rotatable bonds is 2. The molecule has 5 rings (SSSR count). The second-order valence-electron chi connectivity index (χ2n) is 7.64. The van der Waals surface area contributed by atoms with E-state index >= 15 is 0 Å². The van der Waals surface area contributed by atoms with Gasteiger partial charge in [-0.05, 0) is 61.4 Å². The fourth-order valence-electron chi connectivity index (χ4n) is 4.09. The summed E-state index contributed by atoms with van der Waals surface area (Å²) in [6, 6.07) is 19.7. The zero-order chi connectivity index (χ0) is 21.0. The maximum absolute atomic E-state index is 13.5. The molecule has 3 aromatic carbocycles. The van der Waals surface area contributed by atoms with Crippen LogP contribution in [0.25, 0.3) is 11.0 Å². The molecular formula is C25H18ClNO3. The Hall–Kier alpha value is -3.37. The molecule has 1 aliphatic rings. The van der Waals surface area contributed by atoms with Crippen LogP contribution in [0.15, 0.2) is 75.9 Å². The molecular weight excluding hydrogens is 398 g/mol. The van der Waals surface area contributed by atoms with Gasteiger partial charge in [-0.3, -0.25) is 14.5 Å². The molecule has 1 unspecified atom stereocenters.